The van der Waals surface area contributed by atoms with Gasteiger partial charge in [-0.2, -0.15) is 0 Å². The van der Waals surface area contributed by atoms with E-state index in [0.717, 1.165) is 29.3 Å². The maximum Gasteiger partial charge on any atom is 0.338 e. The van der Waals surface area contributed by atoms with Gasteiger partial charge in [0.05, 0.1) is 27.0 Å². The first kappa shape index (κ1) is 28.8. The molecule has 4 N–H and O–H groups in total. The van der Waals surface area contributed by atoms with E-state index in [1.807, 2.05) is 30.3 Å². The first-order valence-electron chi connectivity index (χ1n) is 11.6. The Hall–Kier alpha value is -5.78. The summed E-state index contributed by atoms with van der Waals surface area (Å²) in [5, 5.41) is 21.5. The van der Waals surface area contributed by atoms with E-state index in [2.05, 4.69) is 0 Å². The molecule has 0 heterocycles. The molecule has 204 valence electrons. The maximum absolute atomic E-state index is 11.9. The lowest BCUT2D eigenvalue weighted by Crippen LogP contribution is -2.06. The average molecular weight is 545 g/mol. The van der Waals surface area contributed by atoms with E-state index in [-0.39, 0.29) is 18.8 Å². The molecule has 12 nitrogen and oxygen atoms in total. The van der Waals surface area contributed by atoms with Gasteiger partial charge in [-0.25, -0.2) is 9.59 Å². The molecular formula is C28H24N4O8. The lowest BCUT2D eigenvalue weighted by Gasteiger charge is -2.06. The van der Waals surface area contributed by atoms with Crippen molar-refractivity contribution in [2.45, 2.75) is 13.2 Å². The second-order valence-electron chi connectivity index (χ2n) is 8.26. The summed E-state index contributed by atoms with van der Waals surface area (Å²) in [5.74, 6) is -1.30. The first-order chi connectivity index (χ1) is 19.1. The number of benzene rings is 4. The standard InChI is InChI=1S/C14H10N2O6.C14H14N2O2/c17-14(22-9-10-4-2-1-3-5-10)11-6-12(15(18)19)8-13(7-11)16(20)21;15-12-6-11(7-13(16)8-12)14(17)18-9-10-4-2-1-3-5-10/h1-8H,9H2;1-8H,9,15-16H2. The fourth-order valence-corrected chi connectivity index (χ4v) is 3.33. The van der Waals surface area contributed by atoms with Gasteiger partial charge in [-0.3, -0.25) is 20.2 Å². The quantitative estimate of drug-likeness (QED) is 0.131. The third-order valence-corrected chi connectivity index (χ3v) is 5.20. The molecule has 0 spiro atoms. The highest BCUT2D eigenvalue weighted by Gasteiger charge is 2.20. The second kappa shape index (κ2) is 13.7. The van der Waals surface area contributed by atoms with E-state index < -0.39 is 33.2 Å². The van der Waals surface area contributed by atoms with Crippen molar-refractivity contribution in [2.24, 2.45) is 0 Å². The number of nitro groups is 2. The zero-order chi connectivity index (χ0) is 29.1. The van der Waals surface area contributed by atoms with Crippen LogP contribution >= 0.6 is 0 Å². The third kappa shape index (κ3) is 8.66. The van der Waals surface area contributed by atoms with Crippen LogP contribution in [0.25, 0.3) is 0 Å². The normalized spacial score (nSPS) is 10.0. The van der Waals surface area contributed by atoms with Crippen LogP contribution in [0.15, 0.2) is 97.1 Å². The Morgan fingerprint density at radius 1 is 0.600 bits per heavy atom. The van der Waals surface area contributed by atoms with Crippen molar-refractivity contribution in [1.29, 1.82) is 0 Å². The molecule has 0 atom stereocenters. The van der Waals surface area contributed by atoms with Crippen molar-refractivity contribution < 1.29 is 28.9 Å². The van der Waals surface area contributed by atoms with Crippen molar-refractivity contribution in [3.05, 3.63) is 140 Å². The zero-order valence-corrected chi connectivity index (χ0v) is 21.0. The summed E-state index contributed by atoms with van der Waals surface area (Å²) in [7, 11) is 0. The van der Waals surface area contributed by atoms with Gasteiger partial charge >= 0.3 is 11.9 Å². The number of nitro benzene ring substituents is 2. The fourth-order valence-electron chi connectivity index (χ4n) is 3.33. The van der Waals surface area contributed by atoms with Gasteiger partial charge in [-0.15, -0.1) is 0 Å². The molecule has 0 aliphatic heterocycles. The Morgan fingerprint density at radius 2 is 0.975 bits per heavy atom. The van der Waals surface area contributed by atoms with E-state index in [9.17, 15) is 29.8 Å². The van der Waals surface area contributed by atoms with Gasteiger partial charge < -0.3 is 20.9 Å². The Kier molecular flexibility index (Phi) is 9.84. The van der Waals surface area contributed by atoms with Crippen molar-refractivity contribution in [1.82, 2.24) is 0 Å². The molecule has 4 rings (SSSR count). The minimum Gasteiger partial charge on any atom is -0.457 e. The molecule has 0 aromatic heterocycles. The van der Waals surface area contributed by atoms with Crippen LogP contribution < -0.4 is 11.5 Å². The topological polar surface area (TPSA) is 191 Å². The number of non-ortho nitro benzene ring substituents is 2. The summed E-state index contributed by atoms with van der Waals surface area (Å²) in [5.41, 5.74) is 12.8. The molecule has 0 aliphatic carbocycles. The summed E-state index contributed by atoms with van der Waals surface area (Å²) in [6.07, 6.45) is 0. The first-order valence-corrected chi connectivity index (χ1v) is 11.6. The molecular weight excluding hydrogens is 520 g/mol. The summed E-state index contributed by atoms with van der Waals surface area (Å²) in [4.78, 5) is 43.6. The maximum atomic E-state index is 11.9. The van der Waals surface area contributed by atoms with Crippen LogP contribution in [0.5, 0.6) is 0 Å². The SMILES string of the molecule is Nc1cc(N)cc(C(=O)OCc2ccccc2)c1.O=C(OCc1ccccc1)c1cc([N+](=O)[O-])cc([N+](=O)[O-])c1. The molecule has 0 saturated carbocycles. The number of carbonyl (C=O) groups is 2. The number of anilines is 2. The van der Waals surface area contributed by atoms with Crippen LogP contribution in [0.3, 0.4) is 0 Å². The molecule has 0 aliphatic rings. The lowest BCUT2D eigenvalue weighted by atomic mass is 10.1. The number of hydrogen-bond donors (Lipinski definition) is 2. The van der Waals surface area contributed by atoms with Crippen LogP contribution in [-0.4, -0.2) is 21.8 Å². The number of hydrogen-bond acceptors (Lipinski definition) is 10. The lowest BCUT2D eigenvalue weighted by molar-refractivity contribution is -0.394. The monoisotopic (exact) mass is 544 g/mol. The molecule has 4 aromatic carbocycles. The molecule has 0 fully saturated rings. The minimum absolute atomic E-state index is 0.0316. The Morgan fingerprint density at radius 3 is 1.35 bits per heavy atom. The summed E-state index contributed by atoms with van der Waals surface area (Å²) >= 11 is 0. The van der Waals surface area contributed by atoms with Gasteiger partial charge in [0, 0.05) is 23.5 Å². The number of nitrogens with two attached hydrogens (primary N) is 2. The smallest absolute Gasteiger partial charge is 0.338 e. The van der Waals surface area contributed by atoms with Crippen LogP contribution in [-0.2, 0) is 22.7 Å². The summed E-state index contributed by atoms with van der Waals surface area (Å²) in [6.45, 7) is 0.199. The molecule has 0 radical (unpaired) electrons. The predicted molar refractivity (Wildman–Crippen MR) is 146 cm³/mol. The van der Waals surface area contributed by atoms with Crippen molar-refractivity contribution in [3.8, 4) is 0 Å². The van der Waals surface area contributed by atoms with Gasteiger partial charge in [0.15, 0.2) is 0 Å². The van der Waals surface area contributed by atoms with Gasteiger partial charge in [-0.1, -0.05) is 60.7 Å². The van der Waals surface area contributed by atoms with Gasteiger partial charge in [0.1, 0.15) is 13.2 Å². The average Bonchev–Trinajstić information content (AvgIpc) is 2.95. The fraction of sp³-hybridized carbons (Fsp3) is 0.0714. The molecule has 4 aromatic rings. The van der Waals surface area contributed by atoms with Gasteiger partial charge in [-0.05, 0) is 29.3 Å². The number of nitrogens with zero attached hydrogens (tertiary/aromatic N) is 2. The Labute approximate surface area is 228 Å². The molecule has 0 saturated heterocycles. The van der Waals surface area contributed by atoms with Crippen LogP contribution in [0.2, 0.25) is 0 Å². The molecule has 40 heavy (non-hydrogen) atoms. The highest BCUT2D eigenvalue weighted by molar-refractivity contribution is 5.92. The van der Waals surface area contributed by atoms with E-state index >= 15 is 0 Å². The number of carbonyl (C=O) groups excluding carboxylic acids is 2. The van der Waals surface area contributed by atoms with E-state index in [0.29, 0.717) is 16.9 Å². The molecule has 0 unspecified atom stereocenters. The van der Waals surface area contributed by atoms with E-state index in [4.69, 9.17) is 20.9 Å². The van der Waals surface area contributed by atoms with Crippen molar-refractivity contribution >= 4 is 34.7 Å². The number of esters is 2. The third-order valence-electron chi connectivity index (χ3n) is 5.20. The van der Waals surface area contributed by atoms with E-state index in [1.165, 1.54) is 0 Å². The number of ether oxygens (including phenoxy) is 2. The van der Waals surface area contributed by atoms with Gasteiger partial charge in [0.25, 0.3) is 11.4 Å². The van der Waals surface area contributed by atoms with Crippen LogP contribution in [0, 0.1) is 20.2 Å². The Bertz CT molecular complexity index is 1460. The van der Waals surface area contributed by atoms with Crippen molar-refractivity contribution in [3.63, 3.8) is 0 Å². The molecule has 12 heteroatoms. The largest absolute Gasteiger partial charge is 0.457 e. The molecule has 0 bridgehead atoms. The van der Waals surface area contributed by atoms with Crippen molar-refractivity contribution in [2.75, 3.05) is 11.5 Å². The number of rotatable bonds is 8. The van der Waals surface area contributed by atoms with Crippen LogP contribution in [0.4, 0.5) is 22.7 Å². The predicted octanol–water partition coefficient (Wildman–Crippen LogP) is 5.07. The summed E-state index contributed by atoms with van der Waals surface area (Å²) in [6, 6.07) is 25.6. The second-order valence-corrected chi connectivity index (χ2v) is 8.26. The highest BCUT2D eigenvalue weighted by atomic mass is 16.6. The zero-order valence-electron chi connectivity index (χ0n) is 21.0. The highest BCUT2D eigenvalue weighted by Crippen LogP contribution is 2.23. The number of nitrogen functional groups attached to an aromatic ring is 2. The van der Waals surface area contributed by atoms with Crippen LogP contribution in [0.1, 0.15) is 31.8 Å². The molecule has 0 amide bonds. The summed E-state index contributed by atoms with van der Waals surface area (Å²) < 4.78 is 10.2. The van der Waals surface area contributed by atoms with E-state index in [1.54, 1.807) is 48.5 Å². The minimum atomic E-state index is -0.865. The van der Waals surface area contributed by atoms with Gasteiger partial charge in [0.2, 0.25) is 0 Å². The Balaban J connectivity index is 0.000000225.